The topological polar surface area (TPSA) is 103 Å². The second kappa shape index (κ2) is 9.74. The number of thioether (sulfide) groups is 1. The zero-order valence-corrected chi connectivity index (χ0v) is 18.7. The fourth-order valence-electron chi connectivity index (χ4n) is 3.04. The van der Waals surface area contributed by atoms with Crippen LogP contribution in [0.15, 0.2) is 53.7 Å². The molecule has 3 aromatic rings. The van der Waals surface area contributed by atoms with Gasteiger partial charge in [0.05, 0.1) is 11.0 Å². The van der Waals surface area contributed by atoms with E-state index in [0.29, 0.717) is 22.3 Å². The van der Waals surface area contributed by atoms with Crippen molar-refractivity contribution in [2.24, 2.45) is 13.0 Å². The van der Waals surface area contributed by atoms with Gasteiger partial charge in [0.1, 0.15) is 0 Å². The highest BCUT2D eigenvalue weighted by atomic mass is 32.2. The summed E-state index contributed by atoms with van der Waals surface area (Å²) in [5.74, 6) is 1.25. The Kier molecular flexibility index (Phi) is 7.06. The van der Waals surface area contributed by atoms with Gasteiger partial charge in [0.2, 0.25) is 0 Å². The van der Waals surface area contributed by atoms with Gasteiger partial charge in [-0.25, -0.2) is 0 Å². The van der Waals surface area contributed by atoms with Crippen LogP contribution < -0.4 is 5.32 Å². The first kappa shape index (κ1) is 22.5. The zero-order valence-electron chi connectivity index (χ0n) is 17.9. The van der Waals surface area contributed by atoms with E-state index in [9.17, 15) is 14.9 Å². The number of carbonyl (C=O) groups is 1. The van der Waals surface area contributed by atoms with Crippen LogP contribution in [-0.4, -0.2) is 25.6 Å². The number of carbonyl (C=O) groups excluding carboxylic acids is 1. The number of benzene rings is 2. The van der Waals surface area contributed by atoms with Crippen molar-refractivity contribution >= 4 is 23.4 Å². The van der Waals surface area contributed by atoms with Gasteiger partial charge >= 0.3 is 0 Å². The van der Waals surface area contributed by atoms with E-state index in [1.807, 2.05) is 56.7 Å². The molecular formula is C22H25N5O3S. The molecule has 0 aliphatic heterocycles. The molecule has 0 saturated heterocycles. The Bertz CT molecular complexity index is 1060. The maximum atomic E-state index is 12.7. The molecule has 1 N–H and O–H groups in total. The number of hydrogen-bond donors (Lipinski definition) is 1. The molecule has 3 rings (SSSR count). The lowest BCUT2D eigenvalue weighted by Gasteiger charge is -2.21. The molecule has 0 aliphatic carbocycles. The van der Waals surface area contributed by atoms with Gasteiger partial charge in [-0.3, -0.25) is 14.9 Å². The van der Waals surface area contributed by atoms with Crippen LogP contribution in [0, 0.1) is 23.0 Å². The lowest BCUT2D eigenvalue weighted by atomic mass is 10.0. The van der Waals surface area contributed by atoms with Gasteiger partial charge in [-0.2, -0.15) is 0 Å². The molecule has 1 heterocycles. The van der Waals surface area contributed by atoms with Gasteiger partial charge in [0.25, 0.3) is 11.6 Å². The molecule has 2 aromatic carbocycles. The van der Waals surface area contributed by atoms with Crippen molar-refractivity contribution in [3.63, 3.8) is 0 Å². The molecule has 1 aromatic heterocycles. The van der Waals surface area contributed by atoms with Crippen LogP contribution in [0.2, 0.25) is 0 Å². The van der Waals surface area contributed by atoms with Crippen LogP contribution in [-0.2, 0) is 12.8 Å². The lowest BCUT2D eigenvalue weighted by Crippen LogP contribution is -2.33. The molecule has 0 fully saturated rings. The van der Waals surface area contributed by atoms with E-state index in [4.69, 9.17) is 0 Å². The number of nitrogens with zero attached hydrogens (tertiary/aromatic N) is 4. The Balaban J connectivity index is 1.71. The number of nitro benzene ring substituents is 1. The smallest absolute Gasteiger partial charge is 0.269 e. The zero-order chi connectivity index (χ0) is 22.5. The minimum Gasteiger partial charge on any atom is -0.342 e. The third kappa shape index (κ3) is 5.49. The predicted molar refractivity (Wildman–Crippen MR) is 120 cm³/mol. The van der Waals surface area contributed by atoms with Crippen LogP contribution in [0.5, 0.6) is 0 Å². The minimum atomic E-state index is -0.414. The van der Waals surface area contributed by atoms with Gasteiger partial charge < -0.3 is 9.88 Å². The molecule has 8 nitrogen and oxygen atoms in total. The Morgan fingerprint density at radius 2 is 1.77 bits per heavy atom. The van der Waals surface area contributed by atoms with E-state index in [1.54, 1.807) is 12.1 Å². The molecule has 162 valence electrons. The highest BCUT2D eigenvalue weighted by Crippen LogP contribution is 2.27. The Morgan fingerprint density at radius 3 is 2.35 bits per heavy atom. The van der Waals surface area contributed by atoms with Crippen molar-refractivity contribution in [2.75, 3.05) is 0 Å². The van der Waals surface area contributed by atoms with Gasteiger partial charge in [-0.1, -0.05) is 55.4 Å². The Hall–Kier alpha value is -3.20. The fourth-order valence-corrected chi connectivity index (χ4v) is 3.92. The number of nitro groups is 1. The van der Waals surface area contributed by atoms with E-state index in [1.165, 1.54) is 23.9 Å². The number of nitrogens with one attached hydrogen (secondary N) is 1. The van der Waals surface area contributed by atoms with Crippen LogP contribution in [0.4, 0.5) is 5.69 Å². The van der Waals surface area contributed by atoms with Crippen molar-refractivity contribution < 1.29 is 9.72 Å². The van der Waals surface area contributed by atoms with Crippen LogP contribution in [0.1, 0.15) is 47.2 Å². The largest absolute Gasteiger partial charge is 0.342 e. The summed E-state index contributed by atoms with van der Waals surface area (Å²) in [5, 5.41) is 23.2. The molecule has 0 unspecified atom stereocenters. The second-order valence-corrected chi connectivity index (χ2v) is 8.62. The standard InChI is InChI=1S/C22H25N5O3S/c1-14(2)19(23-21(28)17-9-5-15(3)6-10-17)20-24-25-22(26(20)4)31-13-16-7-11-18(12-8-16)27(29)30/h5-12,14,19H,13H2,1-4H3,(H,23,28)/t19-/m0/s1. The molecule has 0 radical (unpaired) electrons. The first-order chi connectivity index (χ1) is 14.8. The quantitative estimate of drug-likeness (QED) is 0.316. The summed E-state index contributed by atoms with van der Waals surface area (Å²) in [4.78, 5) is 23.1. The van der Waals surface area contributed by atoms with Crippen molar-refractivity contribution in [1.29, 1.82) is 0 Å². The van der Waals surface area contributed by atoms with E-state index in [2.05, 4.69) is 15.5 Å². The van der Waals surface area contributed by atoms with Gasteiger partial charge in [0.15, 0.2) is 11.0 Å². The van der Waals surface area contributed by atoms with Crippen LogP contribution in [0.25, 0.3) is 0 Å². The first-order valence-corrected chi connectivity index (χ1v) is 10.9. The highest BCUT2D eigenvalue weighted by Gasteiger charge is 2.25. The first-order valence-electron chi connectivity index (χ1n) is 9.89. The van der Waals surface area contributed by atoms with Crippen molar-refractivity contribution in [2.45, 2.75) is 37.7 Å². The average Bonchev–Trinajstić information content (AvgIpc) is 3.11. The summed E-state index contributed by atoms with van der Waals surface area (Å²) in [6.45, 7) is 6.03. The van der Waals surface area contributed by atoms with Crippen molar-refractivity contribution in [3.05, 3.63) is 81.2 Å². The Labute approximate surface area is 185 Å². The molecule has 0 spiro atoms. The second-order valence-electron chi connectivity index (χ2n) is 7.67. The van der Waals surface area contributed by atoms with E-state index < -0.39 is 4.92 Å². The Morgan fingerprint density at radius 1 is 1.13 bits per heavy atom. The molecule has 0 saturated carbocycles. The number of amides is 1. The summed E-state index contributed by atoms with van der Waals surface area (Å²) in [5.41, 5.74) is 2.72. The summed E-state index contributed by atoms with van der Waals surface area (Å²) < 4.78 is 1.89. The third-order valence-corrected chi connectivity index (χ3v) is 6.02. The monoisotopic (exact) mass is 439 g/mol. The van der Waals surface area contributed by atoms with Crippen LogP contribution in [0.3, 0.4) is 0 Å². The molecule has 31 heavy (non-hydrogen) atoms. The SMILES string of the molecule is Cc1ccc(C(=O)N[C@H](c2nnc(SCc3ccc([N+](=O)[O-])cc3)n2C)C(C)C)cc1. The summed E-state index contributed by atoms with van der Waals surface area (Å²) in [6, 6.07) is 13.6. The van der Waals surface area contributed by atoms with Crippen LogP contribution >= 0.6 is 11.8 Å². The number of aromatic nitrogens is 3. The molecule has 0 bridgehead atoms. The van der Waals surface area contributed by atoms with Crippen molar-refractivity contribution in [1.82, 2.24) is 20.1 Å². The molecule has 9 heteroatoms. The average molecular weight is 440 g/mol. The van der Waals surface area contributed by atoms with Gasteiger partial charge in [0, 0.05) is 30.5 Å². The van der Waals surface area contributed by atoms with Gasteiger partial charge in [-0.05, 0) is 30.5 Å². The summed E-state index contributed by atoms with van der Waals surface area (Å²) >= 11 is 1.49. The fraction of sp³-hybridized carbons (Fsp3) is 0.318. The highest BCUT2D eigenvalue weighted by molar-refractivity contribution is 7.98. The minimum absolute atomic E-state index is 0.0683. The lowest BCUT2D eigenvalue weighted by molar-refractivity contribution is -0.384. The molecule has 0 aliphatic rings. The van der Waals surface area contributed by atoms with E-state index in [0.717, 1.165) is 11.1 Å². The number of aryl methyl sites for hydroxylation is 1. The molecular weight excluding hydrogens is 414 g/mol. The predicted octanol–water partition coefficient (Wildman–Crippen LogP) is 4.45. The summed E-state index contributed by atoms with van der Waals surface area (Å²) in [6.07, 6.45) is 0. The normalized spacial score (nSPS) is 12.0. The van der Waals surface area contributed by atoms with E-state index >= 15 is 0 Å². The number of non-ortho nitro benzene ring substituents is 1. The molecule has 1 amide bonds. The van der Waals surface area contributed by atoms with Crippen molar-refractivity contribution in [3.8, 4) is 0 Å². The maximum Gasteiger partial charge on any atom is 0.269 e. The number of rotatable bonds is 8. The molecule has 1 atom stereocenters. The number of hydrogen-bond acceptors (Lipinski definition) is 6. The van der Waals surface area contributed by atoms with Gasteiger partial charge in [-0.15, -0.1) is 10.2 Å². The maximum absolute atomic E-state index is 12.7. The third-order valence-electron chi connectivity index (χ3n) is 4.93. The van der Waals surface area contributed by atoms with E-state index in [-0.39, 0.29) is 23.6 Å². The summed E-state index contributed by atoms with van der Waals surface area (Å²) in [7, 11) is 1.88.